The molecule has 1 heterocycles. The van der Waals surface area contributed by atoms with Crippen LogP contribution < -0.4 is 20.1 Å². The van der Waals surface area contributed by atoms with Crippen molar-refractivity contribution in [2.24, 2.45) is 5.92 Å². The van der Waals surface area contributed by atoms with Crippen LogP contribution in [0.15, 0.2) is 18.2 Å². The predicted octanol–water partition coefficient (Wildman–Crippen LogP) is 3.01. The van der Waals surface area contributed by atoms with Crippen LogP contribution in [0.2, 0.25) is 0 Å². The molecule has 3 unspecified atom stereocenters. The van der Waals surface area contributed by atoms with E-state index < -0.39 is 6.61 Å². The highest BCUT2D eigenvalue weighted by molar-refractivity contribution is 5.85. The monoisotopic (exact) mass is 406 g/mol. The highest BCUT2D eigenvalue weighted by Crippen LogP contribution is 2.31. The van der Waals surface area contributed by atoms with Crippen molar-refractivity contribution in [1.82, 2.24) is 10.6 Å². The number of morpholine rings is 1. The third kappa shape index (κ3) is 6.17. The Bertz CT molecular complexity index is 574. The zero-order valence-electron chi connectivity index (χ0n) is 15.6. The van der Waals surface area contributed by atoms with Gasteiger partial charge in [-0.15, -0.1) is 12.4 Å². The Labute approximate surface area is 165 Å². The van der Waals surface area contributed by atoms with Gasteiger partial charge in [-0.25, -0.2) is 0 Å². The number of methoxy groups -OCH3 is 1. The van der Waals surface area contributed by atoms with E-state index in [9.17, 15) is 8.78 Å². The lowest BCUT2D eigenvalue weighted by Gasteiger charge is -2.33. The van der Waals surface area contributed by atoms with E-state index in [0.717, 1.165) is 38.3 Å². The first-order valence-electron chi connectivity index (χ1n) is 9.33. The molecule has 0 spiro atoms. The number of alkyl halides is 2. The molecular formula is C19H29ClF2N2O3. The summed E-state index contributed by atoms with van der Waals surface area (Å²) in [5.74, 6) is 0.993. The standard InChI is InChI=1S/C19H28F2N2O3.ClH/c1-24-17-6-5-13(11-18(17)26-19(20)21)7-8-22-15-4-2-3-14(15)16-12-25-10-9-23-16;/h5-6,11,14-16,19,22-23H,2-4,7-10,12H2,1H3;1H. The summed E-state index contributed by atoms with van der Waals surface area (Å²) in [5.41, 5.74) is 0.947. The molecule has 3 rings (SSSR count). The average molecular weight is 407 g/mol. The minimum absolute atomic E-state index is 0. The van der Waals surface area contributed by atoms with Gasteiger partial charge >= 0.3 is 6.61 Å². The molecule has 1 aromatic rings. The van der Waals surface area contributed by atoms with E-state index in [-0.39, 0.29) is 18.2 Å². The van der Waals surface area contributed by atoms with E-state index >= 15 is 0 Å². The quantitative estimate of drug-likeness (QED) is 0.695. The Balaban J connectivity index is 0.00000261. The van der Waals surface area contributed by atoms with Gasteiger partial charge in [-0.3, -0.25) is 0 Å². The molecule has 3 atom stereocenters. The zero-order valence-corrected chi connectivity index (χ0v) is 16.4. The SMILES string of the molecule is COc1ccc(CCNC2CCCC2C2COCCN2)cc1OC(F)F.Cl. The van der Waals surface area contributed by atoms with Crippen molar-refractivity contribution >= 4 is 12.4 Å². The summed E-state index contributed by atoms with van der Waals surface area (Å²) in [5, 5.41) is 7.22. The highest BCUT2D eigenvalue weighted by atomic mass is 35.5. The molecule has 0 bridgehead atoms. The van der Waals surface area contributed by atoms with Gasteiger partial charge in [0, 0.05) is 18.6 Å². The number of ether oxygens (including phenoxy) is 3. The van der Waals surface area contributed by atoms with Crippen molar-refractivity contribution in [1.29, 1.82) is 0 Å². The second-order valence-electron chi connectivity index (χ2n) is 6.90. The zero-order chi connectivity index (χ0) is 18.4. The lowest BCUT2D eigenvalue weighted by Crippen LogP contribution is -2.51. The van der Waals surface area contributed by atoms with Gasteiger partial charge in [0.05, 0.1) is 20.3 Å². The van der Waals surface area contributed by atoms with E-state index in [0.29, 0.717) is 23.8 Å². The third-order valence-electron chi connectivity index (χ3n) is 5.30. The first kappa shape index (κ1) is 22.1. The molecule has 2 aliphatic rings. The molecule has 8 heteroatoms. The van der Waals surface area contributed by atoms with Crippen LogP contribution in [0.5, 0.6) is 11.5 Å². The number of nitrogens with one attached hydrogen (secondary N) is 2. The van der Waals surface area contributed by atoms with Crippen LogP contribution >= 0.6 is 12.4 Å². The van der Waals surface area contributed by atoms with Gasteiger partial charge in [0.25, 0.3) is 0 Å². The second kappa shape index (κ2) is 11.0. The van der Waals surface area contributed by atoms with Crippen molar-refractivity contribution in [3.8, 4) is 11.5 Å². The minimum atomic E-state index is -2.86. The highest BCUT2D eigenvalue weighted by Gasteiger charge is 2.34. The van der Waals surface area contributed by atoms with Gasteiger partial charge in [-0.05, 0) is 49.4 Å². The van der Waals surface area contributed by atoms with Crippen LogP contribution in [-0.4, -0.2) is 52.1 Å². The van der Waals surface area contributed by atoms with Crippen LogP contribution in [0.3, 0.4) is 0 Å². The number of hydrogen-bond acceptors (Lipinski definition) is 5. The molecule has 27 heavy (non-hydrogen) atoms. The van der Waals surface area contributed by atoms with Crippen LogP contribution in [0.25, 0.3) is 0 Å². The predicted molar refractivity (Wildman–Crippen MR) is 102 cm³/mol. The Morgan fingerprint density at radius 3 is 2.85 bits per heavy atom. The summed E-state index contributed by atoms with van der Waals surface area (Å²) in [6, 6.07) is 6.10. The van der Waals surface area contributed by atoms with Gasteiger partial charge in [0.2, 0.25) is 0 Å². The molecule has 0 amide bonds. The Kier molecular flexibility index (Phi) is 9.02. The molecule has 0 aromatic heterocycles. The maximum absolute atomic E-state index is 12.5. The summed E-state index contributed by atoms with van der Waals surface area (Å²) in [4.78, 5) is 0. The molecule has 2 N–H and O–H groups in total. The molecule has 1 saturated heterocycles. The second-order valence-corrected chi connectivity index (χ2v) is 6.90. The molecule has 1 aliphatic carbocycles. The molecule has 1 saturated carbocycles. The fourth-order valence-corrected chi connectivity index (χ4v) is 4.05. The van der Waals surface area contributed by atoms with Gasteiger partial charge in [-0.2, -0.15) is 8.78 Å². The fourth-order valence-electron chi connectivity index (χ4n) is 4.05. The normalized spacial score (nSPS) is 25.3. The lowest BCUT2D eigenvalue weighted by atomic mass is 9.94. The van der Waals surface area contributed by atoms with E-state index in [4.69, 9.17) is 9.47 Å². The van der Waals surface area contributed by atoms with Crippen LogP contribution in [0.4, 0.5) is 8.78 Å². The van der Waals surface area contributed by atoms with Gasteiger partial charge in [-0.1, -0.05) is 12.5 Å². The molecule has 1 aliphatic heterocycles. The summed E-state index contributed by atoms with van der Waals surface area (Å²) >= 11 is 0. The van der Waals surface area contributed by atoms with Crippen molar-refractivity contribution in [2.45, 2.75) is 44.4 Å². The van der Waals surface area contributed by atoms with Crippen LogP contribution in [-0.2, 0) is 11.2 Å². The molecular weight excluding hydrogens is 378 g/mol. The van der Waals surface area contributed by atoms with E-state index in [1.54, 1.807) is 12.1 Å². The summed E-state index contributed by atoms with van der Waals surface area (Å²) in [6.07, 6.45) is 4.37. The number of halogens is 3. The summed E-state index contributed by atoms with van der Waals surface area (Å²) < 4.78 is 40.3. The maximum Gasteiger partial charge on any atom is 0.387 e. The molecule has 154 valence electrons. The van der Waals surface area contributed by atoms with Crippen molar-refractivity contribution < 1.29 is 23.0 Å². The van der Waals surface area contributed by atoms with Crippen molar-refractivity contribution in [3.63, 3.8) is 0 Å². The minimum Gasteiger partial charge on any atom is -0.493 e. The summed E-state index contributed by atoms with van der Waals surface area (Å²) in [7, 11) is 1.44. The van der Waals surface area contributed by atoms with Crippen LogP contribution in [0.1, 0.15) is 24.8 Å². The molecule has 2 fully saturated rings. The largest absolute Gasteiger partial charge is 0.493 e. The van der Waals surface area contributed by atoms with Gasteiger partial charge in [0.1, 0.15) is 0 Å². The molecule has 1 aromatic carbocycles. The number of hydrogen-bond donors (Lipinski definition) is 2. The topological polar surface area (TPSA) is 51.8 Å². The number of benzene rings is 1. The maximum atomic E-state index is 12.5. The molecule has 0 radical (unpaired) electrons. The first-order valence-corrected chi connectivity index (χ1v) is 9.33. The van der Waals surface area contributed by atoms with Crippen molar-refractivity contribution in [3.05, 3.63) is 23.8 Å². The smallest absolute Gasteiger partial charge is 0.387 e. The third-order valence-corrected chi connectivity index (χ3v) is 5.30. The van der Waals surface area contributed by atoms with E-state index in [1.807, 2.05) is 6.07 Å². The fraction of sp³-hybridized carbons (Fsp3) is 0.684. The van der Waals surface area contributed by atoms with E-state index in [2.05, 4.69) is 15.4 Å². The lowest BCUT2D eigenvalue weighted by molar-refractivity contribution is -0.0512. The number of rotatable bonds is 8. The van der Waals surface area contributed by atoms with Crippen molar-refractivity contribution in [2.75, 3.05) is 33.4 Å². The van der Waals surface area contributed by atoms with Gasteiger partial charge < -0.3 is 24.8 Å². The Morgan fingerprint density at radius 2 is 2.15 bits per heavy atom. The van der Waals surface area contributed by atoms with Gasteiger partial charge in [0.15, 0.2) is 11.5 Å². The summed E-state index contributed by atoms with van der Waals surface area (Å²) in [6.45, 7) is 0.445. The average Bonchev–Trinajstić information content (AvgIpc) is 3.11. The Morgan fingerprint density at radius 1 is 1.30 bits per heavy atom. The Hall–Kier alpha value is -1.15. The van der Waals surface area contributed by atoms with Crippen LogP contribution in [0, 0.1) is 5.92 Å². The first-order chi connectivity index (χ1) is 12.7. The molecule has 5 nitrogen and oxygen atoms in total. The van der Waals surface area contributed by atoms with E-state index in [1.165, 1.54) is 26.4 Å².